The molecule has 24 heavy (non-hydrogen) atoms. The number of nitrogens with one attached hydrogen (secondary N) is 1. The maximum absolute atomic E-state index is 13.6. The van der Waals surface area contributed by atoms with E-state index in [1.807, 2.05) is 0 Å². The van der Waals surface area contributed by atoms with Crippen molar-refractivity contribution in [1.82, 2.24) is 15.5 Å². The third kappa shape index (κ3) is 3.81. The van der Waals surface area contributed by atoms with Crippen molar-refractivity contribution >= 4 is 5.91 Å². The van der Waals surface area contributed by atoms with Crippen LogP contribution in [0.15, 0.2) is 53.1 Å². The Morgan fingerprint density at radius 3 is 2.58 bits per heavy atom. The van der Waals surface area contributed by atoms with E-state index in [4.69, 9.17) is 4.52 Å². The van der Waals surface area contributed by atoms with Crippen molar-refractivity contribution in [1.29, 1.82) is 0 Å². The van der Waals surface area contributed by atoms with Crippen LogP contribution in [-0.4, -0.2) is 16.0 Å². The molecule has 0 saturated carbocycles. The molecule has 0 fully saturated rings. The van der Waals surface area contributed by atoms with E-state index in [1.54, 1.807) is 30.3 Å². The van der Waals surface area contributed by atoms with Gasteiger partial charge in [-0.25, -0.2) is 8.78 Å². The number of benzene rings is 2. The van der Waals surface area contributed by atoms with Crippen LogP contribution in [-0.2, 0) is 13.0 Å². The van der Waals surface area contributed by atoms with E-state index in [0.29, 0.717) is 5.56 Å². The summed E-state index contributed by atoms with van der Waals surface area (Å²) in [5.74, 6) is -1.24. The summed E-state index contributed by atoms with van der Waals surface area (Å²) in [5, 5.41) is 6.19. The van der Waals surface area contributed by atoms with Crippen LogP contribution in [0, 0.1) is 11.6 Å². The van der Waals surface area contributed by atoms with E-state index in [-0.39, 0.29) is 36.3 Å². The summed E-state index contributed by atoms with van der Waals surface area (Å²) >= 11 is 0. The van der Waals surface area contributed by atoms with Gasteiger partial charge in [-0.2, -0.15) is 4.98 Å². The third-order valence-electron chi connectivity index (χ3n) is 3.34. The zero-order valence-electron chi connectivity index (χ0n) is 12.5. The second kappa shape index (κ2) is 6.99. The highest BCUT2D eigenvalue weighted by Gasteiger charge is 2.15. The van der Waals surface area contributed by atoms with Crippen LogP contribution in [0.4, 0.5) is 8.78 Å². The summed E-state index contributed by atoms with van der Waals surface area (Å²) in [5.41, 5.74) is 1.14. The fourth-order valence-corrected chi connectivity index (χ4v) is 2.09. The largest absolute Gasteiger partial charge is 0.345 e. The summed E-state index contributed by atoms with van der Waals surface area (Å²) in [6.07, 6.45) is 0.102. The van der Waals surface area contributed by atoms with Crippen molar-refractivity contribution < 1.29 is 18.1 Å². The molecule has 1 heterocycles. The summed E-state index contributed by atoms with van der Waals surface area (Å²) in [7, 11) is 0. The summed E-state index contributed by atoms with van der Waals surface area (Å²) in [6.45, 7) is 0.205. The first kappa shape index (κ1) is 15.8. The molecule has 5 nitrogen and oxygen atoms in total. The molecule has 7 heteroatoms. The van der Waals surface area contributed by atoms with Crippen LogP contribution >= 0.6 is 0 Å². The van der Waals surface area contributed by atoms with Gasteiger partial charge in [0.15, 0.2) is 0 Å². The molecule has 0 aliphatic carbocycles. The van der Waals surface area contributed by atoms with Crippen molar-refractivity contribution in [3.05, 3.63) is 83.0 Å². The van der Waals surface area contributed by atoms with E-state index in [0.717, 1.165) is 5.56 Å². The first-order chi connectivity index (χ1) is 11.6. The van der Waals surface area contributed by atoms with Gasteiger partial charge in [-0.1, -0.05) is 35.5 Å². The lowest BCUT2D eigenvalue weighted by atomic mass is 10.1. The molecule has 1 aromatic heterocycles. The molecule has 0 spiro atoms. The smallest absolute Gasteiger partial charge is 0.292 e. The summed E-state index contributed by atoms with van der Waals surface area (Å²) < 4.78 is 31.4. The van der Waals surface area contributed by atoms with Crippen molar-refractivity contribution in [2.24, 2.45) is 0 Å². The molecular weight excluding hydrogens is 316 g/mol. The molecule has 3 aromatic rings. The van der Waals surface area contributed by atoms with Crippen LogP contribution < -0.4 is 5.32 Å². The number of nitrogens with zero attached hydrogens (tertiary/aromatic N) is 2. The van der Waals surface area contributed by atoms with E-state index in [1.165, 1.54) is 18.2 Å². The van der Waals surface area contributed by atoms with Gasteiger partial charge in [-0.05, 0) is 29.3 Å². The normalized spacial score (nSPS) is 10.6. The minimum atomic E-state index is -0.525. The molecule has 0 unspecified atom stereocenters. The minimum Gasteiger partial charge on any atom is -0.345 e. The maximum atomic E-state index is 13.6. The Balaban J connectivity index is 1.61. The second-order valence-corrected chi connectivity index (χ2v) is 5.09. The molecule has 1 N–H and O–H groups in total. The maximum Gasteiger partial charge on any atom is 0.292 e. The number of halogens is 2. The minimum absolute atomic E-state index is 0.102. The number of aromatic nitrogens is 2. The molecule has 0 radical (unpaired) electrons. The van der Waals surface area contributed by atoms with Crippen LogP contribution in [0.1, 0.15) is 27.6 Å². The van der Waals surface area contributed by atoms with Gasteiger partial charge in [0.05, 0.1) is 6.42 Å². The average Bonchev–Trinajstić information content (AvgIpc) is 3.05. The Hall–Kier alpha value is -3.09. The van der Waals surface area contributed by atoms with Gasteiger partial charge in [0.25, 0.3) is 11.7 Å². The molecular formula is C17H13F2N3O2. The van der Waals surface area contributed by atoms with Crippen LogP contribution in [0.25, 0.3) is 0 Å². The predicted molar refractivity (Wildman–Crippen MR) is 81.1 cm³/mol. The quantitative estimate of drug-likeness (QED) is 0.781. The van der Waals surface area contributed by atoms with Crippen LogP contribution in [0.2, 0.25) is 0 Å². The number of hydrogen-bond acceptors (Lipinski definition) is 4. The number of rotatable bonds is 5. The van der Waals surface area contributed by atoms with Crippen LogP contribution in [0.5, 0.6) is 0 Å². The van der Waals surface area contributed by atoms with Gasteiger partial charge in [0.2, 0.25) is 5.89 Å². The van der Waals surface area contributed by atoms with Gasteiger partial charge in [-0.3, -0.25) is 4.79 Å². The van der Waals surface area contributed by atoms with Gasteiger partial charge in [-0.15, -0.1) is 0 Å². The molecule has 1 amide bonds. The molecule has 2 aromatic carbocycles. The zero-order chi connectivity index (χ0) is 16.9. The Labute approximate surface area is 136 Å². The predicted octanol–water partition coefficient (Wildman–Crippen LogP) is 2.87. The lowest BCUT2D eigenvalue weighted by Gasteiger charge is -2.02. The summed E-state index contributed by atoms with van der Waals surface area (Å²) in [4.78, 5) is 15.9. The Kier molecular flexibility index (Phi) is 4.60. The van der Waals surface area contributed by atoms with Crippen LogP contribution in [0.3, 0.4) is 0 Å². The van der Waals surface area contributed by atoms with Gasteiger partial charge >= 0.3 is 0 Å². The highest BCUT2D eigenvalue weighted by Crippen LogP contribution is 2.12. The highest BCUT2D eigenvalue weighted by molar-refractivity contribution is 5.90. The fourth-order valence-electron chi connectivity index (χ4n) is 2.09. The zero-order valence-corrected chi connectivity index (χ0v) is 12.5. The van der Waals surface area contributed by atoms with Gasteiger partial charge in [0, 0.05) is 6.54 Å². The molecule has 0 atom stereocenters. The number of carbonyl (C=O) groups excluding carboxylic acids is 1. The van der Waals surface area contributed by atoms with Crippen molar-refractivity contribution in [3.63, 3.8) is 0 Å². The van der Waals surface area contributed by atoms with E-state index in [9.17, 15) is 13.6 Å². The summed E-state index contributed by atoms with van der Waals surface area (Å²) in [6, 6.07) is 12.0. The Morgan fingerprint density at radius 2 is 1.83 bits per heavy atom. The Morgan fingerprint density at radius 1 is 1.08 bits per heavy atom. The van der Waals surface area contributed by atoms with E-state index >= 15 is 0 Å². The molecule has 3 rings (SSSR count). The lowest BCUT2D eigenvalue weighted by molar-refractivity contribution is 0.0937. The highest BCUT2D eigenvalue weighted by atomic mass is 19.1. The van der Waals surface area contributed by atoms with E-state index < -0.39 is 5.91 Å². The molecule has 0 bridgehead atoms. The molecule has 0 saturated heterocycles. The number of carbonyl (C=O) groups is 1. The Bertz CT molecular complexity index is 847. The third-order valence-corrected chi connectivity index (χ3v) is 3.34. The van der Waals surface area contributed by atoms with Crippen molar-refractivity contribution in [3.8, 4) is 0 Å². The fraction of sp³-hybridized carbons (Fsp3) is 0.118. The molecule has 0 aliphatic rings. The average molecular weight is 329 g/mol. The van der Waals surface area contributed by atoms with Gasteiger partial charge < -0.3 is 9.84 Å². The monoisotopic (exact) mass is 329 g/mol. The van der Waals surface area contributed by atoms with E-state index in [2.05, 4.69) is 15.5 Å². The standard InChI is InChI=1S/C17H13F2N3O2/c18-13-7-5-11(6-8-13)10-20-17(23)16-21-15(24-22-16)9-12-3-1-2-4-14(12)19/h1-8H,9-10H2,(H,20,23). The first-order valence-corrected chi connectivity index (χ1v) is 7.20. The number of hydrogen-bond donors (Lipinski definition) is 1. The van der Waals surface area contributed by atoms with Crippen molar-refractivity contribution in [2.75, 3.05) is 0 Å². The SMILES string of the molecule is O=C(NCc1ccc(F)cc1)c1noc(Cc2ccccc2F)n1. The lowest BCUT2D eigenvalue weighted by Crippen LogP contribution is -2.24. The van der Waals surface area contributed by atoms with Crippen molar-refractivity contribution in [2.45, 2.75) is 13.0 Å². The second-order valence-electron chi connectivity index (χ2n) is 5.09. The van der Waals surface area contributed by atoms with Gasteiger partial charge in [0.1, 0.15) is 11.6 Å². The molecule has 122 valence electrons. The topological polar surface area (TPSA) is 68.0 Å². The molecule has 0 aliphatic heterocycles. The first-order valence-electron chi connectivity index (χ1n) is 7.20. The number of amides is 1.